The van der Waals surface area contributed by atoms with E-state index < -0.39 is 5.91 Å². The topological polar surface area (TPSA) is 104 Å². The lowest BCUT2D eigenvalue weighted by atomic mass is 10.2. The predicted octanol–water partition coefficient (Wildman–Crippen LogP) is 2.75. The first-order chi connectivity index (χ1) is 14.2. The lowest BCUT2D eigenvalue weighted by Crippen LogP contribution is -2.27. The van der Waals surface area contributed by atoms with E-state index in [0.29, 0.717) is 28.1 Å². The third-order valence-electron chi connectivity index (χ3n) is 3.87. The van der Waals surface area contributed by atoms with Crippen molar-refractivity contribution in [2.24, 2.45) is 0 Å². The Morgan fingerprint density at radius 1 is 1.20 bits per heavy atom. The summed E-state index contributed by atoms with van der Waals surface area (Å²) in [6.07, 6.45) is 0. The van der Waals surface area contributed by atoms with Crippen LogP contribution in [-0.4, -0.2) is 47.2 Å². The second kappa shape index (κ2) is 10.7. The van der Waals surface area contributed by atoms with Gasteiger partial charge in [-0.05, 0) is 35.9 Å². The quantitative estimate of drug-likeness (QED) is 0.462. The maximum Gasteiger partial charge on any atom is 0.287 e. The Kier molecular flexibility index (Phi) is 8.31. The van der Waals surface area contributed by atoms with Crippen LogP contribution in [-0.2, 0) is 6.54 Å². The average molecular weight is 447 g/mol. The van der Waals surface area contributed by atoms with Crippen LogP contribution in [0.25, 0.3) is 10.9 Å². The minimum absolute atomic E-state index is 0.0256. The highest BCUT2D eigenvalue weighted by Gasteiger charge is 2.11. The third kappa shape index (κ3) is 6.53. The first kappa shape index (κ1) is 23.3. The number of carbonyl (C=O) groups excluding carboxylic acids is 2. The number of fused-ring (bicyclic) bond motifs is 1. The average Bonchev–Trinajstić information content (AvgIpc) is 2.73. The van der Waals surface area contributed by atoms with E-state index in [-0.39, 0.29) is 16.6 Å². The number of rotatable bonds is 4. The van der Waals surface area contributed by atoms with Crippen LogP contribution in [0.1, 0.15) is 16.2 Å². The molecule has 0 radical (unpaired) electrons. The second-order valence-electron chi connectivity index (χ2n) is 6.33. The molecule has 0 saturated heterocycles. The summed E-state index contributed by atoms with van der Waals surface area (Å²) in [5, 5.41) is 2.91. The monoisotopic (exact) mass is 446 g/mol. The maximum atomic E-state index is 12.2. The van der Waals surface area contributed by atoms with Crippen molar-refractivity contribution in [1.29, 1.82) is 0 Å². The lowest BCUT2D eigenvalue weighted by molar-refractivity contribution is 0.0940. The molecule has 8 nitrogen and oxygen atoms in total. The zero-order valence-electron chi connectivity index (χ0n) is 16.7. The van der Waals surface area contributed by atoms with Gasteiger partial charge in [-0.1, -0.05) is 24.8 Å². The standard InChI is InChI=1S/C17H15N3O3S.C3H7NOS/c1-23-11-4-2-3-10(7-11)9-18-17(22)15-19-14-6-5-12(24)8-13(14)16(21)20-15;1-4(2)3(5)6/h2-8,24H,9H2,1H3,(H,18,22)(H,19,20,21);1-2H3,(H,5,6). The molecule has 0 saturated carbocycles. The van der Waals surface area contributed by atoms with Crippen molar-refractivity contribution in [3.05, 3.63) is 64.2 Å². The number of amides is 2. The van der Waals surface area contributed by atoms with Crippen LogP contribution in [0.5, 0.6) is 5.75 Å². The predicted molar refractivity (Wildman–Crippen MR) is 122 cm³/mol. The molecule has 1 aromatic heterocycles. The van der Waals surface area contributed by atoms with Gasteiger partial charge in [-0.2, -0.15) is 0 Å². The normalized spacial score (nSPS) is 10.0. The van der Waals surface area contributed by atoms with Gasteiger partial charge in [-0.3, -0.25) is 14.4 Å². The van der Waals surface area contributed by atoms with Crippen LogP contribution >= 0.6 is 25.3 Å². The number of hydrogen-bond acceptors (Lipinski definition) is 6. The van der Waals surface area contributed by atoms with E-state index in [0.717, 1.165) is 5.56 Å². The lowest BCUT2D eigenvalue weighted by Gasteiger charge is -2.07. The van der Waals surface area contributed by atoms with Crippen molar-refractivity contribution in [1.82, 2.24) is 20.2 Å². The summed E-state index contributed by atoms with van der Waals surface area (Å²) in [5.41, 5.74) is 0.955. The van der Waals surface area contributed by atoms with Gasteiger partial charge in [0, 0.05) is 25.5 Å². The van der Waals surface area contributed by atoms with Gasteiger partial charge in [0.2, 0.25) is 0 Å². The van der Waals surface area contributed by atoms with Gasteiger partial charge < -0.3 is 19.9 Å². The van der Waals surface area contributed by atoms with Gasteiger partial charge in [-0.25, -0.2) is 4.98 Å². The SMILES string of the molecule is CN(C)C(=O)S.COc1cccc(CNC(=O)c2nc3ccc(S)cc3c(=O)[nH]2)c1. The van der Waals surface area contributed by atoms with Gasteiger partial charge in [0.1, 0.15) is 5.75 Å². The Morgan fingerprint density at radius 3 is 2.53 bits per heavy atom. The van der Waals surface area contributed by atoms with Gasteiger partial charge in [-0.15, -0.1) is 12.6 Å². The fourth-order valence-electron chi connectivity index (χ4n) is 2.28. The van der Waals surface area contributed by atoms with Gasteiger partial charge >= 0.3 is 0 Å². The number of aromatic amines is 1. The van der Waals surface area contributed by atoms with Crippen molar-refractivity contribution in [3.8, 4) is 5.75 Å². The summed E-state index contributed by atoms with van der Waals surface area (Å²) >= 11 is 7.67. The zero-order chi connectivity index (χ0) is 22.3. The van der Waals surface area contributed by atoms with E-state index in [1.165, 1.54) is 4.90 Å². The fraction of sp³-hybridized carbons (Fsp3) is 0.200. The van der Waals surface area contributed by atoms with E-state index in [4.69, 9.17) is 4.74 Å². The van der Waals surface area contributed by atoms with E-state index in [1.807, 2.05) is 24.3 Å². The number of thiol groups is 2. The number of H-pyrrole nitrogens is 1. The van der Waals surface area contributed by atoms with Crippen LogP contribution in [0.15, 0.2) is 52.2 Å². The highest BCUT2D eigenvalue weighted by molar-refractivity contribution is 7.96. The summed E-state index contributed by atoms with van der Waals surface area (Å²) in [5.74, 6) is 0.232. The molecule has 0 aliphatic heterocycles. The molecule has 0 atom stereocenters. The zero-order valence-corrected chi connectivity index (χ0v) is 18.5. The molecule has 30 heavy (non-hydrogen) atoms. The number of methoxy groups -OCH3 is 1. The Balaban J connectivity index is 0.000000469. The molecular formula is C20H22N4O4S2. The van der Waals surface area contributed by atoms with Gasteiger partial charge in [0.25, 0.3) is 16.7 Å². The highest BCUT2D eigenvalue weighted by Crippen LogP contribution is 2.14. The minimum atomic E-state index is -0.452. The molecule has 0 aliphatic carbocycles. The number of nitrogens with one attached hydrogen (secondary N) is 2. The van der Waals surface area contributed by atoms with Gasteiger partial charge in [0.15, 0.2) is 5.82 Å². The smallest absolute Gasteiger partial charge is 0.287 e. The number of nitrogens with zero attached hydrogens (tertiary/aromatic N) is 2. The summed E-state index contributed by atoms with van der Waals surface area (Å²) in [7, 11) is 4.88. The van der Waals surface area contributed by atoms with Crippen LogP contribution in [0, 0.1) is 0 Å². The molecule has 1 heterocycles. The minimum Gasteiger partial charge on any atom is -0.497 e. The molecule has 158 valence electrons. The Bertz CT molecular complexity index is 1120. The highest BCUT2D eigenvalue weighted by atomic mass is 32.1. The van der Waals surface area contributed by atoms with Crippen molar-refractivity contribution in [3.63, 3.8) is 0 Å². The third-order valence-corrected chi connectivity index (χ3v) is 4.55. The van der Waals surface area contributed by atoms with Crippen molar-refractivity contribution in [2.75, 3.05) is 21.2 Å². The molecule has 3 rings (SSSR count). The number of benzene rings is 2. The summed E-state index contributed by atoms with van der Waals surface area (Å²) in [6.45, 7) is 0.299. The Hall–Kier alpha value is -2.98. The molecule has 0 bridgehead atoms. The second-order valence-corrected chi connectivity index (χ2v) is 7.23. The number of hydrogen-bond donors (Lipinski definition) is 4. The number of carbonyl (C=O) groups is 2. The maximum absolute atomic E-state index is 12.2. The number of aromatic nitrogens is 2. The molecule has 0 unspecified atom stereocenters. The van der Waals surface area contributed by atoms with Gasteiger partial charge in [0.05, 0.1) is 18.0 Å². The van der Waals surface area contributed by atoms with Crippen LogP contribution < -0.4 is 15.6 Å². The molecule has 10 heteroatoms. The van der Waals surface area contributed by atoms with Crippen molar-refractivity contribution in [2.45, 2.75) is 11.4 Å². The molecule has 3 aromatic rings. The van der Waals surface area contributed by atoms with Crippen molar-refractivity contribution < 1.29 is 14.3 Å². The van der Waals surface area contributed by atoms with E-state index in [1.54, 1.807) is 39.4 Å². The van der Waals surface area contributed by atoms with Crippen LogP contribution in [0.2, 0.25) is 0 Å². The molecular weight excluding hydrogens is 424 g/mol. The van der Waals surface area contributed by atoms with E-state index in [2.05, 4.69) is 40.5 Å². The summed E-state index contributed by atoms with van der Waals surface area (Å²) in [4.78, 5) is 43.0. The van der Waals surface area contributed by atoms with Crippen LogP contribution in [0.4, 0.5) is 4.79 Å². The summed E-state index contributed by atoms with van der Waals surface area (Å²) < 4.78 is 5.14. The first-order valence-electron chi connectivity index (χ1n) is 8.75. The fourth-order valence-corrected chi connectivity index (χ4v) is 2.49. The van der Waals surface area contributed by atoms with Crippen LogP contribution in [0.3, 0.4) is 0 Å². The van der Waals surface area contributed by atoms with E-state index in [9.17, 15) is 14.4 Å². The molecule has 0 fully saturated rings. The molecule has 2 aromatic carbocycles. The first-order valence-corrected chi connectivity index (χ1v) is 9.65. The Labute approximate surface area is 184 Å². The largest absolute Gasteiger partial charge is 0.497 e. The van der Waals surface area contributed by atoms with E-state index >= 15 is 0 Å². The molecule has 2 amide bonds. The van der Waals surface area contributed by atoms with Crippen molar-refractivity contribution >= 4 is 47.3 Å². The number of ether oxygens (including phenoxy) is 1. The summed E-state index contributed by atoms with van der Waals surface area (Å²) in [6, 6.07) is 12.3. The Morgan fingerprint density at radius 2 is 1.90 bits per heavy atom. The molecule has 2 N–H and O–H groups in total. The molecule has 0 aliphatic rings. The molecule has 0 spiro atoms.